The average Bonchev–Trinajstić information content (AvgIpc) is 3.01. The third-order valence-electron chi connectivity index (χ3n) is 7.41. The summed E-state index contributed by atoms with van der Waals surface area (Å²) in [6.45, 7) is 3.49. The van der Waals surface area contributed by atoms with Crippen molar-refractivity contribution in [2.24, 2.45) is 5.92 Å². The summed E-state index contributed by atoms with van der Waals surface area (Å²) in [6.07, 6.45) is 3.99. The fourth-order valence-electron chi connectivity index (χ4n) is 4.90. The molecule has 3 heterocycles. The van der Waals surface area contributed by atoms with Gasteiger partial charge in [0.25, 0.3) is 5.91 Å². The summed E-state index contributed by atoms with van der Waals surface area (Å²) in [5.74, 6) is -3.00. The minimum atomic E-state index is -1.29. The number of ether oxygens (including phenoxy) is 1. The monoisotopic (exact) mass is 590 g/mol. The van der Waals surface area contributed by atoms with Crippen LogP contribution in [-0.2, 0) is 27.2 Å². The first kappa shape index (κ1) is 31.5. The Labute approximate surface area is 250 Å². The number of benzene rings is 1. The van der Waals surface area contributed by atoms with Crippen LogP contribution in [0.3, 0.4) is 0 Å². The van der Waals surface area contributed by atoms with Gasteiger partial charge in [-0.15, -0.1) is 0 Å². The highest BCUT2D eigenvalue weighted by atomic mass is 16.5. The lowest BCUT2D eigenvalue weighted by Crippen LogP contribution is -2.61. The van der Waals surface area contributed by atoms with E-state index in [1.54, 1.807) is 32.3 Å². The lowest BCUT2D eigenvalue weighted by molar-refractivity contribution is -0.132. The van der Waals surface area contributed by atoms with Gasteiger partial charge in [-0.3, -0.25) is 24.7 Å². The minimum Gasteiger partial charge on any atom is -0.505 e. The van der Waals surface area contributed by atoms with Gasteiger partial charge in [0.2, 0.25) is 11.8 Å². The van der Waals surface area contributed by atoms with Crippen LogP contribution in [0.1, 0.15) is 35.5 Å². The molecule has 1 fully saturated rings. The van der Waals surface area contributed by atoms with Crippen LogP contribution in [-0.4, -0.2) is 81.5 Å². The molecule has 43 heavy (non-hydrogen) atoms. The molecule has 6 N–H and O–H groups in total. The van der Waals surface area contributed by atoms with Crippen LogP contribution in [0.5, 0.6) is 5.75 Å². The van der Waals surface area contributed by atoms with E-state index in [1.807, 2.05) is 36.4 Å². The Hall–Kier alpha value is -4.39. The van der Waals surface area contributed by atoms with Crippen molar-refractivity contribution < 1.29 is 29.3 Å². The molecule has 0 bridgehead atoms. The molecule has 1 aliphatic heterocycles. The number of nitrogens with zero attached hydrogens (tertiary/aromatic N) is 2. The number of carbonyl (C=O) groups is 3. The molecule has 2 aromatic heterocycles. The zero-order valence-electron chi connectivity index (χ0n) is 24.1. The fourth-order valence-corrected chi connectivity index (χ4v) is 4.90. The smallest absolute Gasteiger partial charge is 0.274 e. The first-order valence-corrected chi connectivity index (χ1v) is 14.2. The van der Waals surface area contributed by atoms with E-state index >= 15 is 0 Å². The van der Waals surface area contributed by atoms with Crippen molar-refractivity contribution in [3.63, 3.8) is 0 Å². The van der Waals surface area contributed by atoms with Crippen molar-refractivity contribution in [2.45, 2.75) is 57.0 Å². The second-order valence-corrected chi connectivity index (χ2v) is 10.7. The molecule has 6 atom stereocenters. The Balaban J connectivity index is 1.62. The molecule has 3 aromatic rings. The molecule has 6 unspecified atom stereocenters. The van der Waals surface area contributed by atoms with Gasteiger partial charge in [0.05, 0.1) is 37.4 Å². The van der Waals surface area contributed by atoms with Crippen molar-refractivity contribution in [3.8, 4) is 5.75 Å². The van der Waals surface area contributed by atoms with Crippen molar-refractivity contribution in [1.82, 2.24) is 31.2 Å². The molecule has 0 spiro atoms. The summed E-state index contributed by atoms with van der Waals surface area (Å²) in [5, 5.41) is 33.2. The van der Waals surface area contributed by atoms with Crippen molar-refractivity contribution in [3.05, 3.63) is 90.0 Å². The maximum atomic E-state index is 13.7. The first-order chi connectivity index (χ1) is 20.7. The number of carbonyl (C=O) groups excluding carboxylic acids is 3. The minimum absolute atomic E-state index is 0.0219. The summed E-state index contributed by atoms with van der Waals surface area (Å²) in [5.41, 5.74) is 1.51. The summed E-state index contributed by atoms with van der Waals surface area (Å²) < 4.78 is 5.84. The summed E-state index contributed by atoms with van der Waals surface area (Å²) in [7, 11) is 0. The molecule has 12 nitrogen and oxygen atoms in total. The Bertz CT molecular complexity index is 1360. The molecular weight excluding hydrogens is 552 g/mol. The van der Waals surface area contributed by atoms with Gasteiger partial charge in [-0.1, -0.05) is 43.3 Å². The number of hydrogen-bond acceptors (Lipinski definition) is 9. The van der Waals surface area contributed by atoms with Gasteiger partial charge >= 0.3 is 0 Å². The normalized spacial score (nSPS) is 25.6. The molecule has 4 rings (SSSR count). The van der Waals surface area contributed by atoms with E-state index in [0.717, 1.165) is 11.1 Å². The molecule has 0 aliphatic carbocycles. The van der Waals surface area contributed by atoms with E-state index in [2.05, 4.69) is 31.2 Å². The number of pyridine rings is 2. The Kier molecular flexibility index (Phi) is 11.1. The Morgan fingerprint density at radius 2 is 1.72 bits per heavy atom. The predicted molar refractivity (Wildman–Crippen MR) is 158 cm³/mol. The number of amides is 3. The highest BCUT2D eigenvalue weighted by Crippen LogP contribution is 2.16. The van der Waals surface area contributed by atoms with E-state index in [0.29, 0.717) is 6.42 Å². The molecule has 0 radical (unpaired) electrons. The summed E-state index contributed by atoms with van der Waals surface area (Å²) in [6, 6.07) is 12.9. The maximum Gasteiger partial charge on any atom is 0.274 e. The highest BCUT2D eigenvalue weighted by molar-refractivity contribution is 5.98. The van der Waals surface area contributed by atoms with Gasteiger partial charge in [0.1, 0.15) is 11.8 Å². The second-order valence-electron chi connectivity index (χ2n) is 10.7. The van der Waals surface area contributed by atoms with Crippen LogP contribution < -0.4 is 21.3 Å². The number of rotatable bonds is 6. The van der Waals surface area contributed by atoms with Crippen molar-refractivity contribution in [1.29, 1.82) is 0 Å². The van der Waals surface area contributed by atoms with Gasteiger partial charge in [0.15, 0.2) is 5.69 Å². The average molecular weight is 591 g/mol. The van der Waals surface area contributed by atoms with E-state index in [1.165, 1.54) is 18.3 Å². The van der Waals surface area contributed by atoms with Crippen LogP contribution in [0, 0.1) is 5.92 Å². The van der Waals surface area contributed by atoms with Gasteiger partial charge in [-0.2, -0.15) is 0 Å². The second kappa shape index (κ2) is 15.2. The predicted octanol–water partition coefficient (Wildman–Crippen LogP) is 0.698. The molecular formula is C31H38N6O6. The highest BCUT2D eigenvalue weighted by Gasteiger charge is 2.36. The lowest BCUT2D eigenvalue weighted by atomic mass is 9.91. The van der Waals surface area contributed by atoms with Gasteiger partial charge in [-0.05, 0) is 49.1 Å². The largest absolute Gasteiger partial charge is 0.505 e. The molecule has 1 saturated heterocycles. The quantitative estimate of drug-likeness (QED) is 0.241. The van der Waals surface area contributed by atoms with Crippen molar-refractivity contribution in [2.75, 3.05) is 13.3 Å². The zero-order chi connectivity index (χ0) is 30.8. The van der Waals surface area contributed by atoms with E-state index in [9.17, 15) is 24.6 Å². The van der Waals surface area contributed by atoms with Gasteiger partial charge < -0.3 is 30.9 Å². The lowest BCUT2D eigenvalue weighted by Gasteiger charge is -2.33. The molecule has 12 heteroatoms. The van der Waals surface area contributed by atoms with E-state index < -0.39 is 53.9 Å². The SMILES string of the molecule is CC1NCOCC(Cc2ccccc2)NC(=O)C(C)C(O)C(Cc2cccnc2)NC(=O)C1NC(=O)c1ncccc1O. The molecule has 0 saturated carbocycles. The van der Waals surface area contributed by atoms with Crippen LogP contribution in [0.4, 0.5) is 0 Å². The third kappa shape index (κ3) is 8.80. The fraction of sp³-hybridized carbons (Fsp3) is 0.387. The summed E-state index contributed by atoms with van der Waals surface area (Å²) >= 11 is 0. The Morgan fingerprint density at radius 1 is 0.977 bits per heavy atom. The molecule has 1 aromatic carbocycles. The van der Waals surface area contributed by atoms with Gasteiger partial charge in [0, 0.05) is 24.6 Å². The van der Waals surface area contributed by atoms with Crippen LogP contribution in [0.25, 0.3) is 0 Å². The number of aliphatic hydroxyl groups excluding tert-OH is 1. The van der Waals surface area contributed by atoms with Crippen LogP contribution in [0.2, 0.25) is 0 Å². The van der Waals surface area contributed by atoms with Crippen LogP contribution in [0.15, 0.2) is 73.2 Å². The molecule has 3 amide bonds. The first-order valence-electron chi connectivity index (χ1n) is 14.2. The summed E-state index contributed by atoms with van der Waals surface area (Å²) in [4.78, 5) is 48.2. The van der Waals surface area contributed by atoms with E-state index in [4.69, 9.17) is 4.74 Å². The van der Waals surface area contributed by atoms with E-state index in [-0.39, 0.29) is 31.2 Å². The standard InChI is InChI=1S/C31H38N6O6/c1-19-28(39)24(15-22-10-6-12-32-16-22)36-30(41)26(37-31(42)27-25(38)11-7-13-33-27)20(2)34-18-43-17-23(35-29(19)40)14-21-8-4-3-5-9-21/h3-13,16,19-20,23-24,26,28,34,38-39H,14-15,17-18H2,1-2H3,(H,35,40)(H,36,41)(H,37,42). The zero-order valence-corrected chi connectivity index (χ0v) is 24.1. The molecule has 1 aliphatic rings. The number of hydrogen-bond donors (Lipinski definition) is 6. The number of aliphatic hydroxyl groups is 1. The van der Waals surface area contributed by atoms with Crippen LogP contribution >= 0.6 is 0 Å². The number of aromatic hydroxyl groups is 1. The number of nitrogens with one attached hydrogen (secondary N) is 4. The van der Waals surface area contributed by atoms with Crippen molar-refractivity contribution >= 4 is 17.7 Å². The molecule has 228 valence electrons. The van der Waals surface area contributed by atoms with Gasteiger partial charge in [-0.25, -0.2) is 4.98 Å². The third-order valence-corrected chi connectivity index (χ3v) is 7.41. The number of aromatic nitrogens is 2. The Morgan fingerprint density at radius 3 is 2.44 bits per heavy atom. The topological polar surface area (TPSA) is 175 Å². The maximum absolute atomic E-state index is 13.7.